The number of hydrogen-bond donors (Lipinski definition) is 0. The summed E-state index contributed by atoms with van der Waals surface area (Å²) in [6.07, 6.45) is -0.132. The lowest BCUT2D eigenvalue weighted by Gasteiger charge is -2.22. The molecular formula is C8H15N2O3. The Morgan fingerprint density at radius 3 is 2.31 bits per heavy atom. The van der Waals surface area contributed by atoms with Crippen LogP contribution in [0.4, 0.5) is 4.79 Å². The van der Waals surface area contributed by atoms with Gasteiger partial charge in [-0.15, -0.1) is 0 Å². The molecule has 0 spiro atoms. The smallest absolute Gasteiger partial charge is 0.410 e. The zero-order valence-electron chi connectivity index (χ0n) is 8.16. The molecule has 0 bridgehead atoms. The van der Waals surface area contributed by atoms with Crippen LogP contribution in [-0.4, -0.2) is 36.6 Å². The fourth-order valence-corrected chi connectivity index (χ4v) is 0.988. The molecule has 0 aromatic carbocycles. The predicted molar refractivity (Wildman–Crippen MR) is 47.0 cm³/mol. The summed E-state index contributed by atoms with van der Waals surface area (Å²) in [5, 5.41) is 0. The first kappa shape index (κ1) is 11.7. The normalized spacial score (nSPS) is 11.9. The van der Waals surface area contributed by atoms with E-state index in [9.17, 15) is 9.59 Å². The molecule has 0 aliphatic carbocycles. The van der Waals surface area contributed by atoms with Crippen LogP contribution in [-0.2, 0) is 9.53 Å². The van der Waals surface area contributed by atoms with Crippen LogP contribution in [0.15, 0.2) is 0 Å². The molecule has 5 nitrogen and oxygen atoms in total. The topological polar surface area (TPSA) is 70.4 Å². The molecule has 0 aliphatic heterocycles. The molecule has 0 saturated heterocycles. The van der Waals surface area contributed by atoms with Gasteiger partial charge in [-0.3, -0.25) is 15.4 Å². The molecule has 0 aromatic heterocycles. The van der Waals surface area contributed by atoms with Gasteiger partial charge in [-0.1, -0.05) is 6.92 Å². The summed E-state index contributed by atoms with van der Waals surface area (Å²) in [6, 6.07) is -0.695. The average Bonchev–Trinajstić information content (AvgIpc) is 2.05. The van der Waals surface area contributed by atoms with E-state index in [0.29, 0.717) is 6.42 Å². The molecule has 0 fully saturated rings. The molecule has 0 aliphatic rings. The summed E-state index contributed by atoms with van der Waals surface area (Å²) in [7, 11) is 1.46. The van der Waals surface area contributed by atoms with Gasteiger partial charge in [0.05, 0.1) is 6.61 Å². The third-order valence-electron chi connectivity index (χ3n) is 1.71. The maximum Gasteiger partial charge on any atom is 0.410 e. The van der Waals surface area contributed by atoms with Crippen molar-refractivity contribution in [2.24, 2.45) is 0 Å². The van der Waals surface area contributed by atoms with E-state index >= 15 is 0 Å². The minimum Gasteiger partial charge on any atom is -0.450 e. The van der Waals surface area contributed by atoms with Gasteiger partial charge in [-0.05, 0) is 13.3 Å². The van der Waals surface area contributed by atoms with Crippen molar-refractivity contribution < 1.29 is 14.3 Å². The second-order valence-electron chi connectivity index (χ2n) is 2.60. The molecule has 75 valence electrons. The Labute approximate surface area is 77.8 Å². The highest BCUT2D eigenvalue weighted by Crippen LogP contribution is 2.03. The standard InChI is InChI=1S/C8H15N2O3/c1-4-6(7(9)11)10(3)8(12)13-5-2/h6,9H,4-5H2,1-3H3. The quantitative estimate of drug-likeness (QED) is 0.649. The zero-order valence-corrected chi connectivity index (χ0v) is 8.16. The van der Waals surface area contributed by atoms with E-state index in [1.54, 1.807) is 13.8 Å². The fourth-order valence-electron chi connectivity index (χ4n) is 0.988. The van der Waals surface area contributed by atoms with Crippen molar-refractivity contribution in [2.75, 3.05) is 13.7 Å². The van der Waals surface area contributed by atoms with Crippen molar-refractivity contribution in [3.05, 3.63) is 0 Å². The molecular weight excluding hydrogens is 172 g/mol. The first-order valence-corrected chi connectivity index (χ1v) is 4.19. The predicted octanol–water partition coefficient (Wildman–Crippen LogP) is 0.663. The Bertz CT molecular complexity index is 194. The highest BCUT2D eigenvalue weighted by molar-refractivity contribution is 5.83. The van der Waals surface area contributed by atoms with E-state index in [4.69, 9.17) is 5.73 Å². The van der Waals surface area contributed by atoms with E-state index in [1.165, 1.54) is 7.05 Å². The minimum absolute atomic E-state index is 0.270. The lowest BCUT2D eigenvalue weighted by atomic mass is 10.2. The Morgan fingerprint density at radius 2 is 2.00 bits per heavy atom. The monoisotopic (exact) mass is 187 g/mol. The number of nitrogens with zero attached hydrogens (tertiary/aromatic N) is 1. The van der Waals surface area contributed by atoms with E-state index in [-0.39, 0.29) is 6.61 Å². The number of likely N-dealkylation sites (N-methyl/N-ethyl adjacent to an activating group) is 1. The van der Waals surface area contributed by atoms with Crippen molar-refractivity contribution in [2.45, 2.75) is 26.3 Å². The van der Waals surface area contributed by atoms with E-state index in [2.05, 4.69) is 4.74 Å². The van der Waals surface area contributed by atoms with Crippen molar-refractivity contribution >= 4 is 12.0 Å². The van der Waals surface area contributed by atoms with Crippen LogP contribution in [0.1, 0.15) is 20.3 Å². The van der Waals surface area contributed by atoms with E-state index < -0.39 is 18.0 Å². The molecule has 1 radical (unpaired) electrons. The van der Waals surface area contributed by atoms with Gasteiger partial charge in [-0.25, -0.2) is 4.79 Å². The van der Waals surface area contributed by atoms with Gasteiger partial charge in [-0.2, -0.15) is 0 Å². The number of rotatable bonds is 4. The molecule has 1 unspecified atom stereocenters. The number of amides is 2. The van der Waals surface area contributed by atoms with Crippen LogP contribution in [0.25, 0.3) is 0 Å². The third-order valence-corrected chi connectivity index (χ3v) is 1.71. The van der Waals surface area contributed by atoms with Gasteiger partial charge in [0.25, 0.3) is 5.91 Å². The maximum absolute atomic E-state index is 11.1. The van der Waals surface area contributed by atoms with Gasteiger partial charge in [0.2, 0.25) is 0 Å². The zero-order chi connectivity index (χ0) is 10.4. The van der Waals surface area contributed by atoms with Crippen molar-refractivity contribution in [1.82, 2.24) is 10.6 Å². The minimum atomic E-state index is -0.766. The Hall–Kier alpha value is -1.26. The number of carbonyl (C=O) groups excluding carboxylic acids is 2. The largest absolute Gasteiger partial charge is 0.450 e. The summed E-state index contributed by atoms with van der Waals surface area (Å²) >= 11 is 0. The van der Waals surface area contributed by atoms with Crippen LogP contribution in [0.2, 0.25) is 0 Å². The summed E-state index contributed by atoms with van der Waals surface area (Å²) < 4.78 is 4.69. The summed E-state index contributed by atoms with van der Waals surface area (Å²) in [5.41, 5.74) is 6.90. The second-order valence-corrected chi connectivity index (χ2v) is 2.60. The second kappa shape index (κ2) is 5.40. The van der Waals surface area contributed by atoms with Crippen LogP contribution in [0.3, 0.4) is 0 Å². The summed E-state index contributed by atoms with van der Waals surface area (Å²) in [4.78, 5) is 23.0. The van der Waals surface area contributed by atoms with Gasteiger partial charge in [0, 0.05) is 7.05 Å². The average molecular weight is 187 g/mol. The molecule has 0 aromatic rings. The molecule has 2 amide bonds. The molecule has 0 rings (SSSR count). The number of ether oxygens (including phenoxy) is 1. The molecule has 1 atom stereocenters. The number of nitrogens with one attached hydrogen (secondary N) is 1. The molecule has 5 heteroatoms. The molecule has 0 heterocycles. The third kappa shape index (κ3) is 3.31. The Balaban J connectivity index is 4.27. The Kier molecular flexibility index (Phi) is 4.87. The summed E-state index contributed by atoms with van der Waals surface area (Å²) in [6.45, 7) is 3.70. The van der Waals surface area contributed by atoms with Crippen molar-refractivity contribution in [3.63, 3.8) is 0 Å². The van der Waals surface area contributed by atoms with Crippen molar-refractivity contribution in [1.29, 1.82) is 0 Å². The fraction of sp³-hybridized carbons (Fsp3) is 0.750. The lowest BCUT2D eigenvalue weighted by Crippen LogP contribution is -2.42. The number of carbonyl (C=O) groups is 2. The molecule has 13 heavy (non-hydrogen) atoms. The SMILES string of the molecule is CCOC(=O)N(C)C(CC)C([NH])=O. The molecule has 1 N–H and O–H groups in total. The van der Waals surface area contributed by atoms with Crippen molar-refractivity contribution in [3.8, 4) is 0 Å². The lowest BCUT2D eigenvalue weighted by molar-refractivity contribution is -0.123. The van der Waals surface area contributed by atoms with Crippen LogP contribution in [0, 0.1) is 0 Å². The van der Waals surface area contributed by atoms with Gasteiger partial charge in [0.1, 0.15) is 6.04 Å². The maximum atomic E-state index is 11.1. The van der Waals surface area contributed by atoms with Gasteiger partial charge < -0.3 is 4.74 Å². The highest BCUT2D eigenvalue weighted by atomic mass is 16.6. The molecule has 0 saturated carbocycles. The van der Waals surface area contributed by atoms with E-state index in [0.717, 1.165) is 4.90 Å². The van der Waals surface area contributed by atoms with Crippen LogP contribution in [0.5, 0.6) is 0 Å². The summed E-state index contributed by atoms with van der Waals surface area (Å²) in [5.74, 6) is -0.766. The highest BCUT2D eigenvalue weighted by Gasteiger charge is 2.24. The van der Waals surface area contributed by atoms with Crippen LogP contribution >= 0.6 is 0 Å². The van der Waals surface area contributed by atoms with Gasteiger partial charge >= 0.3 is 6.09 Å². The number of hydrogen-bond acceptors (Lipinski definition) is 3. The first-order chi connectivity index (χ1) is 6.04. The Morgan fingerprint density at radius 1 is 1.46 bits per heavy atom. The van der Waals surface area contributed by atoms with Gasteiger partial charge in [0.15, 0.2) is 0 Å². The van der Waals surface area contributed by atoms with E-state index in [1.807, 2.05) is 0 Å². The first-order valence-electron chi connectivity index (χ1n) is 4.19. The van der Waals surface area contributed by atoms with Crippen LogP contribution < -0.4 is 5.73 Å².